The van der Waals surface area contributed by atoms with Crippen molar-refractivity contribution in [2.45, 2.75) is 0 Å². The van der Waals surface area contributed by atoms with Crippen molar-refractivity contribution >= 4 is 19.0 Å². The first-order valence-corrected chi connectivity index (χ1v) is 3.68. The number of hydrogen-bond donors (Lipinski definition) is 1. The molecule has 0 saturated heterocycles. The fraction of sp³-hybridized carbons (Fsp3) is 0. The van der Waals surface area contributed by atoms with Crippen molar-refractivity contribution in [1.29, 1.82) is 0 Å². The fourth-order valence-corrected chi connectivity index (χ4v) is 0.632. The Labute approximate surface area is 79.3 Å². The average Bonchev–Trinajstić information content (AvgIpc) is 2.03. The van der Waals surface area contributed by atoms with E-state index in [0.717, 1.165) is 11.3 Å². The summed E-state index contributed by atoms with van der Waals surface area (Å²) in [5, 5.41) is 0. The maximum atomic E-state index is 9.75. The number of rotatable bonds is 1. The van der Waals surface area contributed by atoms with Crippen molar-refractivity contribution in [2.24, 2.45) is 0 Å². The molecule has 0 saturated carbocycles. The third-order valence-electron chi connectivity index (χ3n) is 1.17. The second-order valence-corrected chi connectivity index (χ2v) is 2.37. The first-order chi connectivity index (χ1) is 6.33. The average molecular weight is 206 g/mol. The van der Waals surface area contributed by atoms with E-state index >= 15 is 0 Å². The first-order valence-electron chi connectivity index (χ1n) is 3.68. The van der Waals surface area contributed by atoms with E-state index in [9.17, 15) is 17.3 Å². The molecular formula is C8H9BF4N-. The van der Waals surface area contributed by atoms with E-state index in [2.05, 4.69) is 6.58 Å². The molecule has 1 nitrogen and oxygen atoms in total. The third-order valence-corrected chi connectivity index (χ3v) is 1.17. The molecule has 78 valence electrons. The molecule has 0 radical (unpaired) electrons. The van der Waals surface area contributed by atoms with Gasteiger partial charge in [0.25, 0.3) is 0 Å². The molecule has 0 fully saturated rings. The van der Waals surface area contributed by atoms with E-state index in [1.165, 1.54) is 0 Å². The van der Waals surface area contributed by atoms with Gasteiger partial charge in [-0.3, -0.25) is 0 Å². The van der Waals surface area contributed by atoms with Crippen LogP contribution >= 0.6 is 0 Å². The summed E-state index contributed by atoms with van der Waals surface area (Å²) in [6.45, 7) is 3.62. The van der Waals surface area contributed by atoms with E-state index in [0.29, 0.717) is 0 Å². The molecule has 0 atom stereocenters. The van der Waals surface area contributed by atoms with Gasteiger partial charge >= 0.3 is 7.25 Å². The number of benzene rings is 1. The van der Waals surface area contributed by atoms with Gasteiger partial charge in [0.2, 0.25) is 0 Å². The monoisotopic (exact) mass is 206 g/mol. The smallest absolute Gasteiger partial charge is 0.418 e. The lowest BCUT2D eigenvalue weighted by Gasteiger charge is -1.94. The first kappa shape index (κ1) is 12.5. The summed E-state index contributed by atoms with van der Waals surface area (Å²) in [7, 11) is -6.00. The zero-order valence-corrected chi connectivity index (χ0v) is 7.26. The Balaban J connectivity index is 0.000000292. The van der Waals surface area contributed by atoms with Gasteiger partial charge in [-0.15, -0.1) is 0 Å². The lowest BCUT2D eigenvalue weighted by Crippen LogP contribution is -2.02. The highest BCUT2D eigenvalue weighted by atomic mass is 19.5. The van der Waals surface area contributed by atoms with Crippen molar-refractivity contribution in [3.05, 3.63) is 36.4 Å². The van der Waals surface area contributed by atoms with E-state index in [-0.39, 0.29) is 0 Å². The quantitative estimate of drug-likeness (QED) is 0.426. The molecule has 6 heteroatoms. The number of halogens is 4. The maximum absolute atomic E-state index is 9.75. The van der Waals surface area contributed by atoms with Crippen molar-refractivity contribution in [2.75, 3.05) is 5.73 Å². The summed E-state index contributed by atoms with van der Waals surface area (Å²) in [6.07, 6.45) is 1.79. The molecule has 0 aliphatic heterocycles. The molecule has 0 aromatic heterocycles. The van der Waals surface area contributed by atoms with Gasteiger partial charge in [-0.25, -0.2) is 0 Å². The fourth-order valence-electron chi connectivity index (χ4n) is 0.632. The Hall–Kier alpha value is -1.46. The molecule has 0 aliphatic rings. The van der Waals surface area contributed by atoms with Crippen LogP contribution in [0.2, 0.25) is 0 Å². The zero-order valence-electron chi connectivity index (χ0n) is 7.26. The summed E-state index contributed by atoms with van der Waals surface area (Å²) in [6, 6.07) is 7.58. The Bertz CT molecular complexity index is 274. The molecule has 0 unspecified atom stereocenters. The Morgan fingerprint density at radius 2 is 1.43 bits per heavy atom. The second-order valence-electron chi connectivity index (χ2n) is 2.37. The van der Waals surface area contributed by atoms with Gasteiger partial charge in [0.05, 0.1) is 0 Å². The SMILES string of the molecule is C=Cc1ccc(N)cc1.F[B-](F)(F)F. The Morgan fingerprint density at radius 1 is 1.07 bits per heavy atom. The van der Waals surface area contributed by atoms with Gasteiger partial charge in [0.15, 0.2) is 0 Å². The van der Waals surface area contributed by atoms with Gasteiger partial charge < -0.3 is 23.0 Å². The predicted octanol–water partition coefficient (Wildman–Crippen LogP) is 3.21. The molecule has 0 aliphatic carbocycles. The van der Waals surface area contributed by atoms with Crippen LogP contribution in [0.25, 0.3) is 6.08 Å². The lowest BCUT2D eigenvalue weighted by atomic mass is 10.2. The molecule has 1 aromatic carbocycles. The molecule has 0 bridgehead atoms. The topological polar surface area (TPSA) is 26.0 Å². The van der Waals surface area contributed by atoms with E-state index in [1.54, 1.807) is 6.08 Å². The largest absolute Gasteiger partial charge is 0.673 e. The van der Waals surface area contributed by atoms with Gasteiger partial charge in [0, 0.05) is 5.69 Å². The maximum Gasteiger partial charge on any atom is 0.673 e. The van der Waals surface area contributed by atoms with Crippen LogP contribution in [0.3, 0.4) is 0 Å². The lowest BCUT2D eigenvalue weighted by molar-refractivity contribution is 0.368. The minimum Gasteiger partial charge on any atom is -0.418 e. The normalized spacial score (nSPS) is 10.0. The summed E-state index contributed by atoms with van der Waals surface area (Å²) in [5.74, 6) is 0. The second kappa shape index (κ2) is 5.31. The summed E-state index contributed by atoms with van der Waals surface area (Å²) in [4.78, 5) is 0. The van der Waals surface area contributed by atoms with E-state index in [4.69, 9.17) is 5.73 Å². The van der Waals surface area contributed by atoms with Crippen LogP contribution < -0.4 is 5.73 Å². The van der Waals surface area contributed by atoms with Gasteiger partial charge in [-0.1, -0.05) is 24.8 Å². The molecule has 1 rings (SSSR count). The van der Waals surface area contributed by atoms with Crippen LogP contribution in [0.15, 0.2) is 30.8 Å². The highest BCUT2D eigenvalue weighted by Crippen LogP contribution is 2.06. The molecule has 0 amide bonds. The molecule has 1 aromatic rings. The number of nitrogens with two attached hydrogens (primary N) is 1. The van der Waals surface area contributed by atoms with Crippen LogP contribution in [0.5, 0.6) is 0 Å². The molecule has 2 N–H and O–H groups in total. The summed E-state index contributed by atoms with van der Waals surface area (Å²) >= 11 is 0. The van der Waals surface area contributed by atoms with Crippen LogP contribution in [0.1, 0.15) is 5.56 Å². The number of nitrogen functional groups attached to an aromatic ring is 1. The minimum atomic E-state index is -6.00. The van der Waals surface area contributed by atoms with E-state index in [1.807, 2.05) is 24.3 Å². The van der Waals surface area contributed by atoms with Crippen molar-refractivity contribution in [3.63, 3.8) is 0 Å². The van der Waals surface area contributed by atoms with Crippen molar-refractivity contribution in [3.8, 4) is 0 Å². The number of anilines is 1. The van der Waals surface area contributed by atoms with E-state index < -0.39 is 7.25 Å². The Morgan fingerprint density at radius 3 is 1.71 bits per heavy atom. The van der Waals surface area contributed by atoms with Crippen LogP contribution in [0.4, 0.5) is 23.0 Å². The van der Waals surface area contributed by atoms with Crippen LogP contribution in [-0.4, -0.2) is 7.25 Å². The predicted molar refractivity (Wildman–Crippen MR) is 51.1 cm³/mol. The van der Waals surface area contributed by atoms with Gasteiger partial charge in [-0.2, -0.15) is 0 Å². The van der Waals surface area contributed by atoms with Gasteiger partial charge in [0.1, 0.15) is 0 Å². The Kier molecular flexibility index (Phi) is 4.76. The standard InChI is InChI=1S/C8H9N.BF4/c1-2-7-3-5-8(9)6-4-7;2-1(3,4)5/h2-6H,1,9H2;/q;-1. The van der Waals surface area contributed by atoms with Crippen LogP contribution in [0, 0.1) is 0 Å². The van der Waals surface area contributed by atoms with Crippen molar-refractivity contribution in [1.82, 2.24) is 0 Å². The summed E-state index contributed by atoms with van der Waals surface area (Å²) in [5.41, 5.74) is 7.34. The minimum absolute atomic E-state index is 0.792. The van der Waals surface area contributed by atoms with Crippen molar-refractivity contribution < 1.29 is 17.3 Å². The molecule has 0 spiro atoms. The molecule has 0 heterocycles. The highest BCUT2D eigenvalue weighted by Gasteiger charge is 2.20. The molecule has 14 heavy (non-hydrogen) atoms. The third kappa shape index (κ3) is 8.64. The number of hydrogen-bond acceptors (Lipinski definition) is 1. The van der Waals surface area contributed by atoms with Crippen LogP contribution in [-0.2, 0) is 0 Å². The van der Waals surface area contributed by atoms with Gasteiger partial charge in [-0.05, 0) is 17.7 Å². The highest BCUT2D eigenvalue weighted by molar-refractivity contribution is 6.50. The zero-order chi connectivity index (χ0) is 11.2. The molecular weight excluding hydrogens is 197 g/mol. The summed E-state index contributed by atoms with van der Waals surface area (Å²) < 4.78 is 39.0.